The first kappa shape index (κ1) is 17.5. The third kappa shape index (κ3) is 5.38. The largest absolute Gasteiger partial charge is 0.380 e. The minimum absolute atomic E-state index is 0.340. The van der Waals surface area contributed by atoms with Crippen molar-refractivity contribution in [3.8, 4) is 0 Å². The number of amides is 1. The molecule has 118 valence electrons. The molecule has 0 fully saturated rings. The summed E-state index contributed by atoms with van der Waals surface area (Å²) in [6.45, 7) is 6.09. The molecular formula is C17H28N2O2. The molecule has 0 aliphatic carbocycles. The maximum Gasteiger partial charge on any atom is 0.270 e. The van der Waals surface area contributed by atoms with Crippen LogP contribution in [-0.2, 0) is 4.79 Å². The van der Waals surface area contributed by atoms with E-state index in [1.807, 2.05) is 31.2 Å². The molecule has 0 spiro atoms. The van der Waals surface area contributed by atoms with Gasteiger partial charge in [-0.1, -0.05) is 57.7 Å². The zero-order chi connectivity index (χ0) is 15.7. The van der Waals surface area contributed by atoms with E-state index in [2.05, 4.69) is 24.7 Å². The fraction of sp³-hybridized carbons (Fsp3) is 0.588. The lowest BCUT2D eigenvalue weighted by molar-refractivity contribution is -0.141. The van der Waals surface area contributed by atoms with Gasteiger partial charge in [-0.05, 0) is 31.4 Å². The summed E-state index contributed by atoms with van der Waals surface area (Å²) in [6, 6.07) is 7.71. The van der Waals surface area contributed by atoms with Crippen molar-refractivity contribution >= 4 is 11.6 Å². The van der Waals surface area contributed by atoms with Crippen LogP contribution in [0.25, 0.3) is 0 Å². The number of carbonyl (C=O) groups excluding carboxylic acids is 1. The van der Waals surface area contributed by atoms with Gasteiger partial charge in [-0.3, -0.25) is 15.6 Å². The van der Waals surface area contributed by atoms with Crippen molar-refractivity contribution in [2.75, 3.05) is 5.43 Å². The van der Waals surface area contributed by atoms with Crippen LogP contribution in [0.3, 0.4) is 0 Å². The highest BCUT2D eigenvalue weighted by Gasteiger charge is 2.34. The second kappa shape index (κ2) is 8.67. The average molecular weight is 292 g/mol. The minimum atomic E-state index is -1.28. The summed E-state index contributed by atoms with van der Waals surface area (Å²) in [4.78, 5) is 12.3. The third-order valence-electron chi connectivity index (χ3n) is 3.77. The van der Waals surface area contributed by atoms with Gasteiger partial charge in [0.15, 0.2) is 0 Å². The standard InChI is InChI=1S/C17H28N2O2/c1-4-6-12-17(21,13-7-5-2)16(20)19-18-15-11-9-8-10-14(15)3/h8-11,18,21H,4-7,12-13H2,1-3H3,(H,19,20). The Bertz CT molecular complexity index is 438. The smallest absolute Gasteiger partial charge is 0.270 e. The van der Waals surface area contributed by atoms with Gasteiger partial charge in [-0.15, -0.1) is 0 Å². The summed E-state index contributed by atoms with van der Waals surface area (Å²) >= 11 is 0. The summed E-state index contributed by atoms with van der Waals surface area (Å²) in [5.74, 6) is -0.340. The summed E-state index contributed by atoms with van der Waals surface area (Å²) < 4.78 is 0. The van der Waals surface area contributed by atoms with Gasteiger partial charge in [-0.25, -0.2) is 0 Å². The predicted octanol–water partition coefficient (Wildman–Crippen LogP) is 3.55. The Kier molecular flexibility index (Phi) is 7.23. The molecule has 0 aromatic heterocycles. The number of aryl methyl sites for hydroxylation is 1. The van der Waals surface area contributed by atoms with E-state index in [1.54, 1.807) is 0 Å². The fourth-order valence-corrected chi connectivity index (χ4v) is 2.24. The first-order valence-electron chi connectivity index (χ1n) is 7.88. The highest BCUT2D eigenvalue weighted by molar-refractivity contribution is 5.86. The minimum Gasteiger partial charge on any atom is -0.380 e. The van der Waals surface area contributed by atoms with Crippen LogP contribution in [0.1, 0.15) is 57.9 Å². The Morgan fingerprint density at radius 3 is 2.24 bits per heavy atom. The van der Waals surface area contributed by atoms with Crippen LogP contribution >= 0.6 is 0 Å². The number of rotatable bonds is 9. The van der Waals surface area contributed by atoms with E-state index < -0.39 is 5.60 Å². The zero-order valence-corrected chi connectivity index (χ0v) is 13.4. The van der Waals surface area contributed by atoms with Gasteiger partial charge in [0, 0.05) is 0 Å². The van der Waals surface area contributed by atoms with Gasteiger partial charge < -0.3 is 5.11 Å². The van der Waals surface area contributed by atoms with Gasteiger partial charge >= 0.3 is 0 Å². The predicted molar refractivity (Wildman–Crippen MR) is 86.9 cm³/mol. The Balaban J connectivity index is 2.65. The van der Waals surface area contributed by atoms with Gasteiger partial charge in [0.25, 0.3) is 5.91 Å². The van der Waals surface area contributed by atoms with Crippen LogP contribution in [0.15, 0.2) is 24.3 Å². The van der Waals surface area contributed by atoms with Crippen LogP contribution in [0.2, 0.25) is 0 Å². The topological polar surface area (TPSA) is 61.4 Å². The summed E-state index contributed by atoms with van der Waals surface area (Å²) in [7, 11) is 0. The maximum absolute atomic E-state index is 12.3. The van der Waals surface area contributed by atoms with Gasteiger partial charge in [0.05, 0.1) is 5.69 Å². The Morgan fingerprint density at radius 1 is 1.14 bits per heavy atom. The molecule has 1 amide bonds. The normalized spacial score (nSPS) is 11.2. The van der Waals surface area contributed by atoms with Crippen LogP contribution < -0.4 is 10.9 Å². The molecule has 0 radical (unpaired) electrons. The SMILES string of the molecule is CCCCC(O)(CCCC)C(=O)NNc1ccccc1C. The molecule has 0 saturated carbocycles. The second-order valence-corrected chi connectivity index (χ2v) is 5.63. The third-order valence-corrected chi connectivity index (χ3v) is 3.77. The molecule has 0 aliphatic rings. The summed E-state index contributed by atoms with van der Waals surface area (Å²) in [5.41, 5.74) is 6.19. The van der Waals surface area contributed by atoms with E-state index in [-0.39, 0.29) is 5.91 Å². The lowest BCUT2D eigenvalue weighted by Gasteiger charge is -2.27. The molecule has 3 N–H and O–H groups in total. The van der Waals surface area contributed by atoms with Gasteiger partial charge in [-0.2, -0.15) is 0 Å². The van der Waals surface area contributed by atoms with Crippen molar-refractivity contribution in [2.24, 2.45) is 0 Å². The Morgan fingerprint density at radius 2 is 1.71 bits per heavy atom. The number of hydrogen-bond donors (Lipinski definition) is 3. The number of carbonyl (C=O) groups is 1. The number of hydrazine groups is 1. The van der Waals surface area contributed by atoms with Crippen LogP contribution in [0, 0.1) is 6.92 Å². The molecule has 1 aromatic carbocycles. The number of hydrogen-bond acceptors (Lipinski definition) is 3. The van der Waals surface area contributed by atoms with E-state index in [1.165, 1.54) is 0 Å². The molecule has 1 aromatic rings. The van der Waals surface area contributed by atoms with E-state index in [0.717, 1.165) is 36.9 Å². The molecular weight excluding hydrogens is 264 g/mol. The molecule has 4 nitrogen and oxygen atoms in total. The monoisotopic (exact) mass is 292 g/mol. The van der Waals surface area contributed by atoms with Gasteiger partial charge in [0.2, 0.25) is 0 Å². The van der Waals surface area contributed by atoms with Crippen molar-refractivity contribution in [3.05, 3.63) is 29.8 Å². The van der Waals surface area contributed by atoms with E-state index in [9.17, 15) is 9.90 Å². The number of aliphatic hydroxyl groups is 1. The van der Waals surface area contributed by atoms with Crippen molar-refractivity contribution < 1.29 is 9.90 Å². The fourth-order valence-electron chi connectivity index (χ4n) is 2.24. The lowest BCUT2D eigenvalue weighted by Crippen LogP contribution is -2.48. The molecule has 1 rings (SSSR count). The number of anilines is 1. The quantitative estimate of drug-likeness (QED) is 0.610. The molecule has 0 saturated heterocycles. The first-order valence-corrected chi connectivity index (χ1v) is 7.88. The maximum atomic E-state index is 12.3. The Labute approximate surface area is 127 Å². The van der Waals surface area contributed by atoms with Crippen LogP contribution in [0.5, 0.6) is 0 Å². The van der Waals surface area contributed by atoms with E-state index >= 15 is 0 Å². The molecule has 0 bridgehead atoms. The number of benzene rings is 1. The zero-order valence-electron chi connectivity index (χ0n) is 13.4. The number of nitrogens with one attached hydrogen (secondary N) is 2. The average Bonchev–Trinajstić information content (AvgIpc) is 2.49. The van der Waals surface area contributed by atoms with Crippen LogP contribution in [0.4, 0.5) is 5.69 Å². The summed E-state index contributed by atoms with van der Waals surface area (Å²) in [5, 5.41) is 10.6. The van der Waals surface area contributed by atoms with E-state index in [4.69, 9.17) is 0 Å². The highest BCUT2D eigenvalue weighted by atomic mass is 16.3. The van der Waals surface area contributed by atoms with Crippen LogP contribution in [-0.4, -0.2) is 16.6 Å². The van der Waals surface area contributed by atoms with E-state index in [0.29, 0.717) is 12.8 Å². The molecule has 0 heterocycles. The van der Waals surface area contributed by atoms with Crippen molar-refractivity contribution in [3.63, 3.8) is 0 Å². The highest BCUT2D eigenvalue weighted by Crippen LogP contribution is 2.22. The molecule has 21 heavy (non-hydrogen) atoms. The Hall–Kier alpha value is -1.55. The molecule has 0 aliphatic heterocycles. The van der Waals surface area contributed by atoms with Crippen molar-refractivity contribution in [1.29, 1.82) is 0 Å². The number of unbranched alkanes of at least 4 members (excludes halogenated alkanes) is 2. The van der Waals surface area contributed by atoms with Crippen molar-refractivity contribution in [1.82, 2.24) is 5.43 Å². The molecule has 0 unspecified atom stereocenters. The summed E-state index contributed by atoms with van der Waals surface area (Å²) in [6.07, 6.45) is 4.63. The van der Waals surface area contributed by atoms with Crippen molar-refractivity contribution in [2.45, 2.75) is 64.9 Å². The molecule has 0 atom stereocenters. The first-order chi connectivity index (χ1) is 10.0. The molecule has 4 heteroatoms. The van der Waals surface area contributed by atoms with Gasteiger partial charge in [0.1, 0.15) is 5.60 Å². The lowest BCUT2D eigenvalue weighted by atomic mass is 9.90. The second-order valence-electron chi connectivity index (χ2n) is 5.63. The number of para-hydroxylation sites is 1.